The molecule has 19 heavy (non-hydrogen) atoms. The number of hydrogen-bond donors (Lipinski definition) is 2. The molecule has 0 amide bonds. The molecular formula is C11H16Br2N2O3S. The van der Waals surface area contributed by atoms with Gasteiger partial charge in [0.05, 0.1) is 17.8 Å². The third kappa shape index (κ3) is 6.22. The Labute approximate surface area is 130 Å². The summed E-state index contributed by atoms with van der Waals surface area (Å²) in [7, 11) is -1.51. The average molecular weight is 416 g/mol. The van der Waals surface area contributed by atoms with Gasteiger partial charge in [-0.3, -0.25) is 0 Å². The van der Waals surface area contributed by atoms with Crippen molar-refractivity contribution in [1.82, 2.24) is 10.0 Å². The summed E-state index contributed by atoms with van der Waals surface area (Å²) in [4.78, 5) is 0. The molecule has 8 heteroatoms. The first kappa shape index (κ1) is 16.9. The predicted octanol–water partition coefficient (Wildman–Crippen LogP) is 1.86. The fourth-order valence-electron chi connectivity index (χ4n) is 1.52. The van der Waals surface area contributed by atoms with Crippen LogP contribution in [0.1, 0.15) is 5.56 Å². The number of benzene rings is 1. The molecule has 0 aliphatic carbocycles. The summed E-state index contributed by atoms with van der Waals surface area (Å²) in [6.45, 7) is 1.49. The summed E-state index contributed by atoms with van der Waals surface area (Å²) in [5.41, 5.74) is 0.989. The van der Waals surface area contributed by atoms with E-state index in [9.17, 15) is 8.42 Å². The average Bonchev–Trinajstić information content (AvgIpc) is 2.26. The van der Waals surface area contributed by atoms with Crippen molar-refractivity contribution in [2.75, 3.05) is 26.5 Å². The molecule has 0 aromatic heterocycles. The molecular weight excluding hydrogens is 400 g/mol. The molecule has 1 aromatic rings. The van der Waals surface area contributed by atoms with Crippen LogP contribution in [0.3, 0.4) is 0 Å². The number of halogens is 2. The summed E-state index contributed by atoms with van der Waals surface area (Å²) in [6, 6.07) is 3.87. The third-order valence-electron chi connectivity index (χ3n) is 2.27. The van der Waals surface area contributed by atoms with E-state index in [1.807, 2.05) is 12.1 Å². The van der Waals surface area contributed by atoms with Crippen molar-refractivity contribution in [2.45, 2.75) is 6.54 Å². The topological polar surface area (TPSA) is 67.4 Å². The van der Waals surface area contributed by atoms with Gasteiger partial charge < -0.3 is 10.1 Å². The second-order valence-corrected chi connectivity index (χ2v) is 7.53. The van der Waals surface area contributed by atoms with Crippen LogP contribution in [0, 0.1) is 0 Å². The molecule has 0 fully saturated rings. The molecule has 1 rings (SSSR count). The van der Waals surface area contributed by atoms with E-state index in [1.54, 1.807) is 7.11 Å². The molecule has 0 heterocycles. The molecule has 0 saturated heterocycles. The summed E-state index contributed by atoms with van der Waals surface area (Å²) in [6.07, 6.45) is 1.14. The van der Waals surface area contributed by atoms with Crippen LogP contribution in [0.25, 0.3) is 0 Å². The van der Waals surface area contributed by atoms with Crippen LogP contribution >= 0.6 is 31.9 Å². The molecule has 2 N–H and O–H groups in total. The number of ether oxygens (including phenoxy) is 1. The Balaban J connectivity index is 2.54. The van der Waals surface area contributed by atoms with Gasteiger partial charge in [-0.15, -0.1) is 0 Å². The first-order chi connectivity index (χ1) is 8.83. The largest absolute Gasteiger partial charge is 0.495 e. The molecule has 1 aromatic carbocycles. The summed E-state index contributed by atoms with van der Waals surface area (Å²) in [5.74, 6) is 0.770. The second kappa shape index (κ2) is 7.58. The van der Waals surface area contributed by atoms with Crippen LogP contribution in [-0.2, 0) is 16.6 Å². The van der Waals surface area contributed by atoms with Crippen LogP contribution in [0.5, 0.6) is 5.75 Å². The lowest BCUT2D eigenvalue weighted by Gasteiger charge is -2.12. The molecule has 108 valence electrons. The van der Waals surface area contributed by atoms with Crippen molar-refractivity contribution in [3.63, 3.8) is 0 Å². The quantitative estimate of drug-likeness (QED) is 0.667. The van der Waals surface area contributed by atoms with E-state index >= 15 is 0 Å². The van der Waals surface area contributed by atoms with Gasteiger partial charge in [0, 0.05) is 29.7 Å². The first-order valence-corrected chi connectivity index (χ1v) is 8.98. The number of sulfonamides is 1. The molecule has 0 saturated carbocycles. The number of hydrogen-bond acceptors (Lipinski definition) is 4. The maximum absolute atomic E-state index is 10.9. The van der Waals surface area contributed by atoms with Crippen LogP contribution in [0.15, 0.2) is 21.1 Å². The Morgan fingerprint density at radius 1 is 1.26 bits per heavy atom. The molecule has 0 bridgehead atoms. The molecule has 0 radical (unpaired) electrons. The zero-order chi connectivity index (χ0) is 14.5. The van der Waals surface area contributed by atoms with E-state index in [0.717, 1.165) is 26.5 Å². The van der Waals surface area contributed by atoms with Crippen molar-refractivity contribution in [3.05, 3.63) is 26.6 Å². The Morgan fingerprint density at radius 2 is 1.95 bits per heavy atom. The van der Waals surface area contributed by atoms with E-state index < -0.39 is 10.0 Å². The smallest absolute Gasteiger partial charge is 0.208 e. The Hall–Kier alpha value is -0.150. The SMILES string of the molecule is COc1c(Br)cc(Br)cc1CNCCNS(C)(=O)=O. The minimum atomic E-state index is -3.13. The van der Waals surface area contributed by atoms with Crippen molar-refractivity contribution in [2.24, 2.45) is 0 Å². The number of nitrogens with one attached hydrogen (secondary N) is 2. The molecule has 0 atom stereocenters. The summed E-state index contributed by atoms with van der Waals surface area (Å²) in [5, 5.41) is 3.15. The van der Waals surface area contributed by atoms with Crippen LogP contribution in [0.4, 0.5) is 0 Å². The Bertz CT molecular complexity index is 535. The molecule has 0 aliphatic rings. The lowest BCUT2D eigenvalue weighted by atomic mass is 10.2. The van der Waals surface area contributed by atoms with Crippen molar-refractivity contribution in [1.29, 1.82) is 0 Å². The number of rotatable bonds is 7. The normalized spacial score (nSPS) is 11.6. The van der Waals surface area contributed by atoms with Gasteiger partial charge in [0.25, 0.3) is 0 Å². The molecule has 5 nitrogen and oxygen atoms in total. The van der Waals surface area contributed by atoms with E-state index in [4.69, 9.17) is 4.74 Å². The van der Waals surface area contributed by atoms with Crippen molar-refractivity contribution >= 4 is 41.9 Å². The monoisotopic (exact) mass is 414 g/mol. The highest BCUT2D eigenvalue weighted by molar-refractivity contribution is 9.11. The second-order valence-electron chi connectivity index (χ2n) is 3.92. The van der Waals surface area contributed by atoms with Gasteiger partial charge in [-0.2, -0.15) is 0 Å². The van der Waals surface area contributed by atoms with Crippen LogP contribution in [-0.4, -0.2) is 34.9 Å². The van der Waals surface area contributed by atoms with Gasteiger partial charge in [-0.1, -0.05) is 15.9 Å². The molecule has 0 unspecified atom stereocenters. The maximum atomic E-state index is 10.9. The molecule has 0 aliphatic heterocycles. The first-order valence-electron chi connectivity index (χ1n) is 5.50. The maximum Gasteiger partial charge on any atom is 0.208 e. The van der Waals surface area contributed by atoms with Gasteiger partial charge in [0.2, 0.25) is 10.0 Å². The zero-order valence-electron chi connectivity index (χ0n) is 10.7. The van der Waals surface area contributed by atoms with E-state index in [1.165, 1.54) is 0 Å². The minimum absolute atomic E-state index is 0.357. The third-order valence-corrected chi connectivity index (χ3v) is 4.05. The van der Waals surface area contributed by atoms with Crippen molar-refractivity contribution in [3.8, 4) is 5.75 Å². The Morgan fingerprint density at radius 3 is 2.53 bits per heavy atom. The van der Waals surface area contributed by atoms with Crippen LogP contribution < -0.4 is 14.8 Å². The van der Waals surface area contributed by atoms with Gasteiger partial charge in [0.15, 0.2) is 0 Å². The lowest BCUT2D eigenvalue weighted by molar-refractivity contribution is 0.405. The summed E-state index contributed by atoms with van der Waals surface area (Å²) >= 11 is 6.85. The van der Waals surface area contributed by atoms with Crippen LogP contribution in [0.2, 0.25) is 0 Å². The lowest BCUT2D eigenvalue weighted by Crippen LogP contribution is -2.30. The minimum Gasteiger partial charge on any atom is -0.495 e. The standard InChI is InChI=1S/C11H16Br2N2O3S/c1-18-11-8(5-9(12)6-10(11)13)7-14-3-4-15-19(2,16)17/h5-6,14-15H,3-4,7H2,1-2H3. The Kier molecular flexibility index (Phi) is 6.75. The van der Waals surface area contributed by atoms with Crippen molar-refractivity contribution < 1.29 is 13.2 Å². The van der Waals surface area contributed by atoms with E-state index in [-0.39, 0.29) is 0 Å². The highest BCUT2D eigenvalue weighted by atomic mass is 79.9. The highest BCUT2D eigenvalue weighted by Gasteiger charge is 2.08. The zero-order valence-corrected chi connectivity index (χ0v) is 14.7. The highest BCUT2D eigenvalue weighted by Crippen LogP contribution is 2.32. The molecule has 0 spiro atoms. The predicted molar refractivity (Wildman–Crippen MR) is 82.9 cm³/mol. The van der Waals surface area contributed by atoms with Gasteiger partial charge >= 0.3 is 0 Å². The fraction of sp³-hybridized carbons (Fsp3) is 0.455. The van der Waals surface area contributed by atoms with Gasteiger partial charge in [-0.25, -0.2) is 13.1 Å². The fourth-order valence-corrected chi connectivity index (χ4v) is 3.47. The summed E-state index contributed by atoms with van der Waals surface area (Å²) < 4.78 is 31.3. The number of methoxy groups -OCH3 is 1. The van der Waals surface area contributed by atoms with Gasteiger partial charge in [0.1, 0.15) is 5.75 Å². The van der Waals surface area contributed by atoms with E-state index in [2.05, 4.69) is 41.9 Å². The van der Waals surface area contributed by atoms with Gasteiger partial charge in [-0.05, 0) is 28.1 Å². The van der Waals surface area contributed by atoms with E-state index in [0.29, 0.717) is 19.6 Å².